The Morgan fingerprint density at radius 1 is 1.33 bits per heavy atom. The molecular formula is C15H32N2O. The fraction of sp³-hybridized carbons (Fsp3) is 1.00. The summed E-state index contributed by atoms with van der Waals surface area (Å²) in [5.41, 5.74) is 0. The first-order valence-corrected chi connectivity index (χ1v) is 7.71. The SMILES string of the molecule is CCCC1CCN(C(C)CNCCCOC)CC1. The maximum atomic E-state index is 5.05. The van der Waals surface area contributed by atoms with Crippen LogP contribution in [-0.2, 0) is 4.74 Å². The molecule has 0 aromatic heterocycles. The van der Waals surface area contributed by atoms with Crippen LogP contribution in [0.25, 0.3) is 0 Å². The molecule has 3 nitrogen and oxygen atoms in total. The molecule has 1 fully saturated rings. The van der Waals surface area contributed by atoms with Gasteiger partial charge in [0.2, 0.25) is 0 Å². The first kappa shape index (κ1) is 15.9. The molecule has 0 saturated carbocycles. The van der Waals surface area contributed by atoms with Crippen molar-refractivity contribution in [2.45, 2.75) is 52.0 Å². The summed E-state index contributed by atoms with van der Waals surface area (Å²) in [6.45, 7) is 10.3. The number of hydrogen-bond acceptors (Lipinski definition) is 3. The van der Waals surface area contributed by atoms with Gasteiger partial charge in [0.1, 0.15) is 0 Å². The third-order valence-corrected chi connectivity index (χ3v) is 4.11. The van der Waals surface area contributed by atoms with E-state index in [9.17, 15) is 0 Å². The standard InChI is InChI=1S/C15H32N2O/c1-4-6-15-7-10-17(11-8-15)14(2)13-16-9-5-12-18-3/h14-16H,4-13H2,1-3H3. The van der Waals surface area contributed by atoms with Crippen molar-refractivity contribution < 1.29 is 4.74 Å². The maximum absolute atomic E-state index is 5.05. The van der Waals surface area contributed by atoms with E-state index in [4.69, 9.17) is 4.74 Å². The van der Waals surface area contributed by atoms with Gasteiger partial charge in [-0.1, -0.05) is 19.8 Å². The molecule has 1 saturated heterocycles. The molecule has 0 bridgehead atoms. The number of rotatable bonds is 9. The zero-order valence-electron chi connectivity index (χ0n) is 12.6. The van der Waals surface area contributed by atoms with Gasteiger partial charge in [0.15, 0.2) is 0 Å². The number of nitrogens with one attached hydrogen (secondary N) is 1. The minimum atomic E-state index is 0.676. The van der Waals surface area contributed by atoms with Crippen molar-refractivity contribution in [3.05, 3.63) is 0 Å². The third kappa shape index (κ3) is 6.17. The fourth-order valence-corrected chi connectivity index (χ4v) is 2.87. The normalized spacial score (nSPS) is 20.2. The lowest BCUT2D eigenvalue weighted by molar-refractivity contribution is 0.134. The van der Waals surface area contributed by atoms with Gasteiger partial charge in [-0.3, -0.25) is 4.90 Å². The fourth-order valence-electron chi connectivity index (χ4n) is 2.87. The van der Waals surface area contributed by atoms with E-state index in [0.29, 0.717) is 6.04 Å². The Morgan fingerprint density at radius 3 is 2.67 bits per heavy atom. The maximum Gasteiger partial charge on any atom is 0.0474 e. The van der Waals surface area contributed by atoms with E-state index in [2.05, 4.69) is 24.1 Å². The smallest absolute Gasteiger partial charge is 0.0474 e. The second kappa shape index (κ2) is 9.76. The number of likely N-dealkylation sites (tertiary alicyclic amines) is 1. The van der Waals surface area contributed by atoms with Crippen LogP contribution < -0.4 is 5.32 Å². The van der Waals surface area contributed by atoms with E-state index in [1.165, 1.54) is 38.8 Å². The molecule has 3 heteroatoms. The van der Waals surface area contributed by atoms with Crippen molar-refractivity contribution in [3.63, 3.8) is 0 Å². The van der Waals surface area contributed by atoms with E-state index < -0.39 is 0 Å². The summed E-state index contributed by atoms with van der Waals surface area (Å²) in [6.07, 6.45) is 6.70. The minimum Gasteiger partial charge on any atom is -0.385 e. The van der Waals surface area contributed by atoms with Gasteiger partial charge in [0, 0.05) is 26.3 Å². The monoisotopic (exact) mass is 256 g/mol. The zero-order valence-corrected chi connectivity index (χ0v) is 12.6. The van der Waals surface area contributed by atoms with Crippen LogP contribution >= 0.6 is 0 Å². The average molecular weight is 256 g/mol. The minimum absolute atomic E-state index is 0.676. The predicted octanol–water partition coefficient (Wildman–Crippen LogP) is 2.51. The molecule has 0 aromatic carbocycles. The molecule has 1 unspecified atom stereocenters. The Bertz CT molecular complexity index is 191. The van der Waals surface area contributed by atoms with Crippen LogP contribution in [0.4, 0.5) is 0 Å². The van der Waals surface area contributed by atoms with Crippen LogP contribution in [0, 0.1) is 5.92 Å². The number of hydrogen-bond donors (Lipinski definition) is 1. The first-order chi connectivity index (χ1) is 8.77. The van der Waals surface area contributed by atoms with Crippen LogP contribution in [0.15, 0.2) is 0 Å². The second-order valence-corrected chi connectivity index (χ2v) is 5.67. The predicted molar refractivity (Wildman–Crippen MR) is 78.0 cm³/mol. The quantitative estimate of drug-likeness (QED) is 0.642. The highest BCUT2D eigenvalue weighted by molar-refractivity contribution is 4.77. The van der Waals surface area contributed by atoms with Crippen molar-refractivity contribution in [2.75, 3.05) is 39.9 Å². The van der Waals surface area contributed by atoms with Crippen LogP contribution in [0.1, 0.15) is 46.0 Å². The second-order valence-electron chi connectivity index (χ2n) is 5.67. The highest BCUT2D eigenvalue weighted by atomic mass is 16.5. The van der Waals surface area contributed by atoms with Gasteiger partial charge in [-0.15, -0.1) is 0 Å². The Morgan fingerprint density at radius 2 is 2.06 bits per heavy atom. The van der Waals surface area contributed by atoms with Crippen LogP contribution in [-0.4, -0.2) is 50.8 Å². The van der Waals surface area contributed by atoms with Gasteiger partial charge in [-0.05, 0) is 51.7 Å². The van der Waals surface area contributed by atoms with E-state index in [0.717, 1.165) is 32.0 Å². The highest BCUT2D eigenvalue weighted by Gasteiger charge is 2.21. The summed E-state index contributed by atoms with van der Waals surface area (Å²) in [4.78, 5) is 2.65. The molecule has 1 heterocycles. The summed E-state index contributed by atoms with van der Waals surface area (Å²) in [6, 6.07) is 0.676. The van der Waals surface area contributed by atoms with E-state index in [-0.39, 0.29) is 0 Å². The average Bonchev–Trinajstić information content (AvgIpc) is 2.39. The number of piperidine rings is 1. The topological polar surface area (TPSA) is 24.5 Å². The lowest BCUT2D eigenvalue weighted by Gasteiger charge is -2.36. The molecule has 0 radical (unpaired) electrons. The molecule has 0 amide bonds. The van der Waals surface area contributed by atoms with Crippen molar-refractivity contribution in [3.8, 4) is 0 Å². The van der Waals surface area contributed by atoms with Gasteiger partial charge in [0.25, 0.3) is 0 Å². The summed E-state index contributed by atoms with van der Waals surface area (Å²) >= 11 is 0. The van der Waals surface area contributed by atoms with Gasteiger partial charge >= 0.3 is 0 Å². The molecule has 1 rings (SSSR count). The Labute approximate surface area is 113 Å². The third-order valence-electron chi connectivity index (χ3n) is 4.11. The van der Waals surface area contributed by atoms with Crippen molar-refractivity contribution in [1.82, 2.24) is 10.2 Å². The Kier molecular flexibility index (Phi) is 8.64. The zero-order chi connectivity index (χ0) is 13.2. The number of nitrogens with zero attached hydrogens (tertiary/aromatic N) is 1. The molecule has 1 N–H and O–H groups in total. The van der Waals surface area contributed by atoms with Gasteiger partial charge in [-0.25, -0.2) is 0 Å². The Balaban J connectivity index is 2.06. The molecule has 18 heavy (non-hydrogen) atoms. The van der Waals surface area contributed by atoms with E-state index in [1.54, 1.807) is 7.11 Å². The molecule has 0 aliphatic carbocycles. The number of methoxy groups -OCH3 is 1. The molecule has 1 aliphatic heterocycles. The molecule has 1 atom stereocenters. The van der Waals surface area contributed by atoms with Gasteiger partial charge < -0.3 is 10.1 Å². The van der Waals surface area contributed by atoms with Crippen molar-refractivity contribution in [1.29, 1.82) is 0 Å². The van der Waals surface area contributed by atoms with Crippen molar-refractivity contribution in [2.24, 2.45) is 5.92 Å². The highest BCUT2D eigenvalue weighted by Crippen LogP contribution is 2.22. The summed E-state index contributed by atoms with van der Waals surface area (Å²) in [5.74, 6) is 0.994. The van der Waals surface area contributed by atoms with Crippen LogP contribution in [0.3, 0.4) is 0 Å². The molecule has 0 aromatic rings. The lowest BCUT2D eigenvalue weighted by Crippen LogP contribution is -2.44. The summed E-state index contributed by atoms with van der Waals surface area (Å²) < 4.78 is 5.05. The van der Waals surface area contributed by atoms with Gasteiger partial charge in [-0.2, -0.15) is 0 Å². The summed E-state index contributed by atoms with van der Waals surface area (Å²) in [5, 5.41) is 3.53. The van der Waals surface area contributed by atoms with E-state index >= 15 is 0 Å². The Hall–Kier alpha value is -0.120. The first-order valence-electron chi connectivity index (χ1n) is 7.71. The number of ether oxygens (including phenoxy) is 1. The largest absolute Gasteiger partial charge is 0.385 e. The lowest BCUT2D eigenvalue weighted by atomic mass is 9.92. The molecule has 1 aliphatic rings. The van der Waals surface area contributed by atoms with Gasteiger partial charge in [0.05, 0.1) is 0 Å². The van der Waals surface area contributed by atoms with Crippen molar-refractivity contribution >= 4 is 0 Å². The van der Waals surface area contributed by atoms with E-state index in [1.807, 2.05) is 0 Å². The summed E-state index contributed by atoms with van der Waals surface area (Å²) in [7, 11) is 1.77. The van der Waals surface area contributed by atoms with Crippen LogP contribution in [0.2, 0.25) is 0 Å². The molecular weight excluding hydrogens is 224 g/mol. The van der Waals surface area contributed by atoms with Crippen LogP contribution in [0.5, 0.6) is 0 Å². The molecule has 0 spiro atoms. The molecule has 108 valence electrons.